The summed E-state index contributed by atoms with van der Waals surface area (Å²) in [6.45, 7) is 1.06. The van der Waals surface area contributed by atoms with Crippen molar-refractivity contribution in [2.75, 3.05) is 25.6 Å². The fraction of sp³-hybridized carbons (Fsp3) is 0.400. The SMILES string of the molecule is COCCOc1ccc(NC(=O)C2C=CC(N)C2)cc1. The summed E-state index contributed by atoms with van der Waals surface area (Å²) in [5, 5.41) is 2.87. The first-order valence-electron chi connectivity index (χ1n) is 6.65. The van der Waals surface area contributed by atoms with Gasteiger partial charge in [-0.05, 0) is 30.7 Å². The van der Waals surface area contributed by atoms with Crippen molar-refractivity contribution >= 4 is 11.6 Å². The number of nitrogens with two attached hydrogens (primary N) is 1. The Labute approximate surface area is 118 Å². The zero-order chi connectivity index (χ0) is 14.4. The molecule has 2 atom stereocenters. The largest absolute Gasteiger partial charge is 0.491 e. The van der Waals surface area contributed by atoms with E-state index in [0.717, 1.165) is 11.4 Å². The quantitative estimate of drug-likeness (QED) is 0.611. The fourth-order valence-electron chi connectivity index (χ4n) is 2.03. The molecule has 0 heterocycles. The minimum atomic E-state index is -0.136. The summed E-state index contributed by atoms with van der Waals surface area (Å²) in [6, 6.07) is 7.27. The van der Waals surface area contributed by atoms with Gasteiger partial charge in [0.15, 0.2) is 0 Å². The van der Waals surface area contributed by atoms with Crippen molar-refractivity contribution in [2.45, 2.75) is 12.5 Å². The first kappa shape index (κ1) is 14.6. The fourth-order valence-corrected chi connectivity index (χ4v) is 2.03. The van der Waals surface area contributed by atoms with Crippen LogP contribution in [0.5, 0.6) is 5.75 Å². The topological polar surface area (TPSA) is 73.6 Å². The second kappa shape index (κ2) is 7.07. The third kappa shape index (κ3) is 4.08. The Morgan fingerprint density at radius 1 is 1.30 bits per heavy atom. The summed E-state index contributed by atoms with van der Waals surface area (Å²) in [4.78, 5) is 12.0. The van der Waals surface area contributed by atoms with Crippen LogP contribution in [0, 0.1) is 5.92 Å². The zero-order valence-corrected chi connectivity index (χ0v) is 11.5. The molecule has 1 aliphatic rings. The second-order valence-electron chi connectivity index (χ2n) is 4.75. The minimum Gasteiger partial charge on any atom is -0.491 e. The van der Waals surface area contributed by atoms with Crippen molar-refractivity contribution in [1.29, 1.82) is 0 Å². The lowest BCUT2D eigenvalue weighted by Gasteiger charge is -2.11. The van der Waals surface area contributed by atoms with Crippen LogP contribution in [0.1, 0.15) is 6.42 Å². The highest BCUT2D eigenvalue weighted by Gasteiger charge is 2.22. The lowest BCUT2D eigenvalue weighted by atomic mass is 10.1. The maximum Gasteiger partial charge on any atom is 0.231 e. The molecule has 20 heavy (non-hydrogen) atoms. The molecule has 1 aromatic carbocycles. The Morgan fingerprint density at radius 3 is 2.65 bits per heavy atom. The molecule has 0 fully saturated rings. The van der Waals surface area contributed by atoms with Crippen LogP contribution in [0.2, 0.25) is 0 Å². The maximum atomic E-state index is 12.0. The molecule has 0 radical (unpaired) electrons. The number of benzene rings is 1. The van der Waals surface area contributed by atoms with Crippen molar-refractivity contribution in [2.24, 2.45) is 11.7 Å². The molecule has 3 N–H and O–H groups in total. The lowest BCUT2D eigenvalue weighted by Crippen LogP contribution is -2.23. The van der Waals surface area contributed by atoms with Crippen molar-refractivity contribution < 1.29 is 14.3 Å². The Hall–Kier alpha value is -1.85. The molecule has 2 rings (SSSR count). The lowest BCUT2D eigenvalue weighted by molar-refractivity contribution is -0.118. The van der Waals surface area contributed by atoms with E-state index in [1.807, 2.05) is 36.4 Å². The number of ether oxygens (including phenoxy) is 2. The number of hydrogen-bond donors (Lipinski definition) is 2. The highest BCUT2D eigenvalue weighted by atomic mass is 16.5. The molecule has 5 heteroatoms. The van der Waals surface area contributed by atoms with E-state index in [0.29, 0.717) is 19.6 Å². The van der Waals surface area contributed by atoms with E-state index in [2.05, 4.69) is 5.32 Å². The number of methoxy groups -OCH3 is 1. The second-order valence-corrected chi connectivity index (χ2v) is 4.75. The number of hydrogen-bond acceptors (Lipinski definition) is 4. The number of carbonyl (C=O) groups excluding carboxylic acids is 1. The van der Waals surface area contributed by atoms with Crippen LogP contribution in [0.15, 0.2) is 36.4 Å². The van der Waals surface area contributed by atoms with Gasteiger partial charge in [-0.25, -0.2) is 0 Å². The van der Waals surface area contributed by atoms with Crippen LogP contribution >= 0.6 is 0 Å². The molecule has 1 aliphatic carbocycles. The third-order valence-electron chi connectivity index (χ3n) is 3.13. The van der Waals surface area contributed by atoms with Gasteiger partial charge in [0, 0.05) is 18.8 Å². The standard InChI is InChI=1S/C15H20N2O3/c1-19-8-9-20-14-6-4-13(5-7-14)17-15(18)11-2-3-12(16)10-11/h2-7,11-12H,8-10,16H2,1H3,(H,17,18). The van der Waals surface area contributed by atoms with Gasteiger partial charge in [0.05, 0.1) is 12.5 Å². The van der Waals surface area contributed by atoms with E-state index < -0.39 is 0 Å². The number of rotatable bonds is 6. The molecule has 5 nitrogen and oxygen atoms in total. The average Bonchev–Trinajstić information content (AvgIpc) is 2.88. The summed E-state index contributed by atoms with van der Waals surface area (Å²) < 4.78 is 10.4. The number of carbonyl (C=O) groups is 1. The normalized spacial score (nSPS) is 20.9. The van der Waals surface area contributed by atoms with Crippen LogP contribution in [0.3, 0.4) is 0 Å². The first-order valence-corrected chi connectivity index (χ1v) is 6.65. The van der Waals surface area contributed by atoms with Gasteiger partial charge >= 0.3 is 0 Å². The van der Waals surface area contributed by atoms with E-state index in [1.165, 1.54) is 0 Å². The van der Waals surface area contributed by atoms with Gasteiger partial charge in [-0.15, -0.1) is 0 Å². The third-order valence-corrected chi connectivity index (χ3v) is 3.13. The van der Waals surface area contributed by atoms with E-state index >= 15 is 0 Å². The minimum absolute atomic E-state index is 0.0117. The summed E-state index contributed by atoms with van der Waals surface area (Å²) in [5.74, 6) is 0.590. The summed E-state index contributed by atoms with van der Waals surface area (Å²) in [5.41, 5.74) is 6.49. The van der Waals surface area contributed by atoms with E-state index in [-0.39, 0.29) is 17.9 Å². The van der Waals surface area contributed by atoms with Gasteiger partial charge in [-0.1, -0.05) is 12.2 Å². The summed E-state index contributed by atoms with van der Waals surface area (Å²) >= 11 is 0. The van der Waals surface area contributed by atoms with Gasteiger partial charge in [-0.2, -0.15) is 0 Å². The summed E-state index contributed by atoms with van der Waals surface area (Å²) in [6.07, 6.45) is 4.41. The molecule has 108 valence electrons. The van der Waals surface area contributed by atoms with Crippen molar-refractivity contribution in [1.82, 2.24) is 0 Å². The average molecular weight is 276 g/mol. The summed E-state index contributed by atoms with van der Waals surface area (Å²) in [7, 11) is 1.63. The van der Waals surface area contributed by atoms with Crippen LogP contribution in [-0.4, -0.2) is 32.3 Å². The maximum absolute atomic E-state index is 12.0. The zero-order valence-electron chi connectivity index (χ0n) is 11.5. The predicted molar refractivity (Wildman–Crippen MR) is 77.7 cm³/mol. The molecule has 0 saturated heterocycles. The Morgan fingerprint density at radius 2 is 2.05 bits per heavy atom. The first-order chi connectivity index (χ1) is 9.69. The Bertz CT molecular complexity index is 471. The van der Waals surface area contributed by atoms with Crippen LogP contribution in [-0.2, 0) is 9.53 Å². The van der Waals surface area contributed by atoms with Crippen molar-refractivity contribution in [3.05, 3.63) is 36.4 Å². The number of nitrogens with one attached hydrogen (secondary N) is 1. The molecule has 0 saturated carbocycles. The molecule has 0 spiro atoms. The smallest absolute Gasteiger partial charge is 0.231 e. The van der Waals surface area contributed by atoms with Crippen LogP contribution < -0.4 is 15.8 Å². The molecular formula is C15H20N2O3. The van der Waals surface area contributed by atoms with Crippen LogP contribution in [0.4, 0.5) is 5.69 Å². The predicted octanol–water partition coefficient (Wildman–Crippen LogP) is 1.55. The highest BCUT2D eigenvalue weighted by molar-refractivity contribution is 5.94. The molecule has 1 amide bonds. The van der Waals surface area contributed by atoms with Gasteiger partial charge in [-0.3, -0.25) is 4.79 Å². The number of amides is 1. The van der Waals surface area contributed by atoms with Gasteiger partial charge in [0.1, 0.15) is 12.4 Å². The van der Waals surface area contributed by atoms with Crippen LogP contribution in [0.25, 0.3) is 0 Å². The molecule has 2 unspecified atom stereocenters. The molecular weight excluding hydrogens is 256 g/mol. The molecule has 0 aliphatic heterocycles. The van der Waals surface area contributed by atoms with Gasteiger partial charge in [0.2, 0.25) is 5.91 Å². The highest BCUT2D eigenvalue weighted by Crippen LogP contribution is 2.20. The van der Waals surface area contributed by atoms with Crippen molar-refractivity contribution in [3.8, 4) is 5.75 Å². The van der Waals surface area contributed by atoms with E-state index in [4.69, 9.17) is 15.2 Å². The van der Waals surface area contributed by atoms with E-state index in [1.54, 1.807) is 7.11 Å². The molecule has 0 bridgehead atoms. The Kier molecular flexibility index (Phi) is 5.15. The Balaban J connectivity index is 1.84. The van der Waals surface area contributed by atoms with E-state index in [9.17, 15) is 4.79 Å². The number of anilines is 1. The molecule has 0 aromatic heterocycles. The van der Waals surface area contributed by atoms with Gasteiger partial charge in [0.25, 0.3) is 0 Å². The molecule has 1 aromatic rings. The van der Waals surface area contributed by atoms with Gasteiger partial charge < -0.3 is 20.5 Å². The monoisotopic (exact) mass is 276 g/mol. The van der Waals surface area contributed by atoms with Crippen molar-refractivity contribution in [3.63, 3.8) is 0 Å².